The first-order valence-corrected chi connectivity index (χ1v) is 5.18. The van der Waals surface area contributed by atoms with Crippen LogP contribution in [0, 0.1) is 22.1 Å². The third kappa shape index (κ3) is 2.32. The molecule has 0 aliphatic carbocycles. The van der Waals surface area contributed by atoms with E-state index in [2.05, 4.69) is 10.2 Å². The molecule has 0 saturated carbocycles. The molecule has 2 aromatic rings. The molecule has 0 spiro atoms. The number of H-pyrrole nitrogens is 1. The Kier molecular flexibility index (Phi) is 3.17. The van der Waals surface area contributed by atoms with Gasteiger partial charge in [-0.3, -0.25) is 5.10 Å². The highest BCUT2D eigenvalue weighted by molar-refractivity contribution is 7.71. The normalized spacial score (nSPS) is 10.6. The van der Waals surface area contributed by atoms with E-state index in [1.54, 1.807) is 0 Å². The Hall–Kier alpha value is -1.40. The fraction of sp³-hybridized carbons (Fsp3) is 0. The maximum Gasteiger partial charge on any atom is 0.194 e. The van der Waals surface area contributed by atoms with Crippen LogP contribution in [0.3, 0.4) is 0 Å². The minimum Gasteiger partial charge on any atom is -0.266 e. The Balaban J connectivity index is 2.69. The molecule has 0 bridgehead atoms. The number of nitrogens with one attached hydrogen (secondary N) is 1. The highest BCUT2D eigenvalue weighted by atomic mass is 35.5. The second kappa shape index (κ2) is 4.46. The Morgan fingerprint density at radius 2 is 1.71 bits per heavy atom. The first-order valence-electron chi connectivity index (χ1n) is 4.39. The van der Waals surface area contributed by atoms with Crippen LogP contribution in [0.1, 0.15) is 0 Å². The van der Waals surface area contributed by atoms with Crippen molar-refractivity contribution in [3.05, 3.63) is 45.4 Å². The van der Waals surface area contributed by atoms with Crippen molar-refractivity contribution in [1.29, 1.82) is 0 Å². The zero-order valence-corrected chi connectivity index (χ0v) is 9.67. The van der Waals surface area contributed by atoms with Crippen LogP contribution in [0.2, 0.25) is 5.15 Å². The molecule has 17 heavy (non-hydrogen) atoms. The second-order valence-electron chi connectivity index (χ2n) is 3.19. The van der Waals surface area contributed by atoms with Gasteiger partial charge in [-0.25, -0.2) is 13.2 Å². The van der Waals surface area contributed by atoms with Crippen molar-refractivity contribution >= 4 is 23.8 Å². The molecule has 1 aromatic carbocycles. The number of aromatic nitrogens is 2. The predicted octanol–water partition coefficient (Wildman–Crippen LogP) is 3.88. The molecule has 0 atom stereocenters. The van der Waals surface area contributed by atoms with Crippen molar-refractivity contribution in [2.45, 2.75) is 0 Å². The summed E-state index contributed by atoms with van der Waals surface area (Å²) in [6, 6.07) is 3.02. The average Bonchev–Trinajstić information content (AvgIpc) is 2.28. The monoisotopic (exact) mass is 276 g/mol. The summed E-state index contributed by atoms with van der Waals surface area (Å²) in [5, 5.41) is 6.10. The fourth-order valence-corrected chi connectivity index (χ4v) is 1.68. The van der Waals surface area contributed by atoms with Gasteiger partial charge in [-0.15, -0.1) is 0 Å². The Labute approximate surface area is 104 Å². The summed E-state index contributed by atoms with van der Waals surface area (Å²) >= 11 is 10.5. The van der Waals surface area contributed by atoms with E-state index in [9.17, 15) is 13.2 Å². The van der Waals surface area contributed by atoms with E-state index < -0.39 is 17.5 Å². The number of hydrogen-bond acceptors (Lipinski definition) is 2. The van der Waals surface area contributed by atoms with Gasteiger partial charge < -0.3 is 0 Å². The lowest BCUT2D eigenvalue weighted by molar-refractivity contribution is 0.447. The van der Waals surface area contributed by atoms with E-state index in [4.69, 9.17) is 23.8 Å². The molecule has 1 N–H and O–H groups in total. The van der Waals surface area contributed by atoms with E-state index in [0.717, 1.165) is 12.1 Å². The highest BCUT2D eigenvalue weighted by Crippen LogP contribution is 2.25. The van der Waals surface area contributed by atoms with Crippen molar-refractivity contribution in [1.82, 2.24) is 10.2 Å². The Morgan fingerprint density at radius 1 is 1.12 bits per heavy atom. The third-order valence-corrected chi connectivity index (χ3v) is 2.57. The lowest BCUT2D eigenvalue weighted by Crippen LogP contribution is -1.94. The van der Waals surface area contributed by atoms with Crippen LogP contribution in [0.25, 0.3) is 11.1 Å². The van der Waals surface area contributed by atoms with E-state index >= 15 is 0 Å². The summed E-state index contributed by atoms with van der Waals surface area (Å²) < 4.78 is 39.0. The summed E-state index contributed by atoms with van der Waals surface area (Å²) in [4.78, 5) is 0. The van der Waals surface area contributed by atoms with Crippen molar-refractivity contribution in [2.75, 3.05) is 0 Å². The summed E-state index contributed by atoms with van der Waals surface area (Å²) in [5.41, 5.74) is 0.366. The van der Waals surface area contributed by atoms with Crippen LogP contribution in [-0.2, 0) is 0 Å². The molecule has 0 aliphatic rings. The molecule has 0 aliphatic heterocycles. The third-order valence-electron chi connectivity index (χ3n) is 2.07. The molecule has 0 amide bonds. The molecule has 88 valence electrons. The number of rotatable bonds is 1. The summed E-state index contributed by atoms with van der Waals surface area (Å²) in [6.45, 7) is 0. The molecule has 0 saturated heterocycles. The lowest BCUT2D eigenvalue weighted by atomic mass is 10.1. The molecule has 2 nitrogen and oxygen atoms in total. The van der Waals surface area contributed by atoms with Gasteiger partial charge >= 0.3 is 0 Å². The first-order chi connectivity index (χ1) is 7.99. The summed E-state index contributed by atoms with van der Waals surface area (Å²) in [6.07, 6.45) is 0. The molecular formula is C10H4ClF3N2S. The van der Waals surface area contributed by atoms with Gasteiger partial charge in [-0.1, -0.05) is 23.8 Å². The van der Waals surface area contributed by atoms with Gasteiger partial charge in [0.15, 0.2) is 17.5 Å². The molecule has 1 heterocycles. The van der Waals surface area contributed by atoms with Crippen molar-refractivity contribution in [3.63, 3.8) is 0 Å². The van der Waals surface area contributed by atoms with Crippen LogP contribution in [-0.4, -0.2) is 10.2 Å². The molecule has 1 aromatic heterocycles. The lowest BCUT2D eigenvalue weighted by Gasteiger charge is -2.04. The number of halogens is 4. The Bertz CT molecular complexity index is 619. The van der Waals surface area contributed by atoms with Crippen molar-refractivity contribution in [3.8, 4) is 11.1 Å². The van der Waals surface area contributed by atoms with E-state index in [1.165, 1.54) is 6.07 Å². The molecule has 2 rings (SSSR count). The second-order valence-corrected chi connectivity index (χ2v) is 3.98. The number of hydrogen-bond donors (Lipinski definition) is 1. The van der Waals surface area contributed by atoms with Crippen molar-refractivity contribution in [2.24, 2.45) is 0 Å². The molecule has 0 fully saturated rings. The summed E-state index contributed by atoms with van der Waals surface area (Å²) in [5.74, 6) is -4.10. The molecular weight excluding hydrogens is 273 g/mol. The standard InChI is InChI=1S/C10H4ClF3N2S/c11-8-3-5(10(17)16-15-8)4-1-6(12)9(14)7(13)2-4/h1-3H,(H,16,17). The fourth-order valence-electron chi connectivity index (χ4n) is 1.31. The van der Waals surface area contributed by atoms with Gasteiger partial charge in [0, 0.05) is 5.56 Å². The van der Waals surface area contributed by atoms with Crippen LogP contribution < -0.4 is 0 Å². The summed E-state index contributed by atoms with van der Waals surface area (Å²) in [7, 11) is 0. The number of nitrogens with zero attached hydrogens (tertiary/aromatic N) is 1. The number of benzene rings is 1. The smallest absolute Gasteiger partial charge is 0.194 e. The van der Waals surface area contributed by atoms with Gasteiger partial charge in [0.25, 0.3) is 0 Å². The van der Waals surface area contributed by atoms with Gasteiger partial charge in [-0.2, -0.15) is 5.10 Å². The molecule has 0 radical (unpaired) electrons. The van der Waals surface area contributed by atoms with Gasteiger partial charge in [-0.05, 0) is 23.8 Å². The minimum atomic E-state index is -1.52. The van der Waals surface area contributed by atoms with E-state index in [-0.39, 0.29) is 20.9 Å². The van der Waals surface area contributed by atoms with E-state index in [0.29, 0.717) is 0 Å². The van der Waals surface area contributed by atoms with Gasteiger partial charge in [0.1, 0.15) is 9.79 Å². The Morgan fingerprint density at radius 3 is 2.29 bits per heavy atom. The predicted molar refractivity (Wildman–Crippen MR) is 59.7 cm³/mol. The van der Waals surface area contributed by atoms with Crippen LogP contribution in [0.4, 0.5) is 13.2 Å². The van der Waals surface area contributed by atoms with Crippen LogP contribution in [0.5, 0.6) is 0 Å². The topological polar surface area (TPSA) is 28.7 Å². The SMILES string of the molecule is Fc1cc(-c2cc(Cl)n[nH]c2=S)cc(F)c1F. The number of aromatic amines is 1. The van der Waals surface area contributed by atoms with Crippen molar-refractivity contribution < 1.29 is 13.2 Å². The maximum absolute atomic E-state index is 13.1. The van der Waals surface area contributed by atoms with Crippen LogP contribution in [0.15, 0.2) is 18.2 Å². The van der Waals surface area contributed by atoms with Gasteiger partial charge in [0.05, 0.1) is 0 Å². The quantitative estimate of drug-likeness (QED) is 0.632. The average molecular weight is 277 g/mol. The minimum absolute atomic E-state index is 0.0822. The largest absolute Gasteiger partial charge is 0.266 e. The van der Waals surface area contributed by atoms with E-state index in [1.807, 2.05) is 0 Å². The maximum atomic E-state index is 13.1. The van der Waals surface area contributed by atoms with Gasteiger partial charge in [0.2, 0.25) is 0 Å². The molecule has 0 unspecified atom stereocenters. The van der Waals surface area contributed by atoms with Crippen LogP contribution >= 0.6 is 23.8 Å². The first kappa shape index (κ1) is 12.1. The molecule has 7 heteroatoms. The zero-order valence-electron chi connectivity index (χ0n) is 8.10. The zero-order chi connectivity index (χ0) is 12.6. The highest BCUT2D eigenvalue weighted by Gasteiger charge is 2.12.